The number of aliphatic hydroxyl groups excluding tert-OH is 1. The van der Waals surface area contributed by atoms with Crippen LogP contribution in [0.4, 0.5) is 0 Å². The molecule has 0 aliphatic rings. The first kappa shape index (κ1) is 96.4. The Hall–Kier alpha value is -5.58. The standard InChI is InChI=1S/C83H134O17P2/c1-5-9-13-17-21-25-29-33-36-37-38-39-42-45-48-52-56-60-64-68-81(86)94-74-79(100-83(88)70-66-62-58-54-50-46-41-35-31-27-23-19-15-11-7-3)76-98-102(91,92)96-72-77(84)71-95-101(89,90)97-75-78(99-82(87)69-65-61-57-53-49-43-32-28-24-20-16-12-8-4)73-93-80(85)67-63-59-55-51-47-44-40-34-30-26-22-18-14-10-6-2/h9-11,13-15,21-23,25-28,32-36,38-41,47,50-51,54,62,66,77-79,84H,5-8,12,16-20,24,29-31,37,42-46,48-49,52-53,55-61,63-65,67-76H2,1-4H3,(H,89,90)(H,91,92)/b13-9-,14-10-,15-11-,25-21-,26-22-,27-23-,32-28-,36-33-,39-38-,40-34-,41-35-,51-47-,54-50-,66-62-. The number of phosphoric ester groups is 2. The van der Waals surface area contributed by atoms with E-state index in [9.17, 15) is 43.2 Å². The third kappa shape index (κ3) is 72.8. The van der Waals surface area contributed by atoms with Crippen LogP contribution in [0, 0.1) is 0 Å². The van der Waals surface area contributed by atoms with E-state index in [4.69, 9.17) is 37.0 Å². The second-order valence-electron chi connectivity index (χ2n) is 24.8. The number of allylic oxidation sites excluding steroid dienone is 27. The maximum atomic E-state index is 13.1. The van der Waals surface area contributed by atoms with Gasteiger partial charge in [-0.05, 0) is 154 Å². The van der Waals surface area contributed by atoms with Gasteiger partial charge in [-0.2, -0.15) is 0 Å². The monoisotopic (exact) mass is 1460 g/mol. The number of unbranched alkanes of at least 4 members (excludes halogenated alkanes) is 17. The maximum absolute atomic E-state index is 13.1. The molecule has 102 heavy (non-hydrogen) atoms. The van der Waals surface area contributed by atoms with E-state index in [1.54, 1.807) is 12.2 Å². The van der Waals surface area contributed by atoms with Gasteiger partial charge in [0.05, 0.1) is 32.8 Å². The van der Waals surface area contributed by atoms with E-state index in [1.807, 2.05) is 12.2 Å². The first-order valence-corrected chi connectivity index (χ1v) is 41.4. The summed E-state index contributed by atoms with van der Waals surface area (Å²) in [5.41, 5.74) is 0. The summed E-state index contributed by atoms with van der Waals surface area (Å²) in [4.78, 5) is 72.8. The average Bonchev–Trinajstić information content (AvgIpc) is 0.907. The van der Waals surface area contributed by atoms with Crippen molar-refractivity contribution in [1.29, 1.82) is 0 Å². The summed E-state index contributed by atoms with van der Waals surface area (Å²) in [5.74, 6) is -2.41. The van der Waals surface area contributed by atoms with Crippen molar-refractivity contribution >= 4 is 39.5 Å². The van der Waals surface area contributed by atoms with E-state index in [-0.39, 0.29) is 25.7 Å². The molecular formula is C83H134O17P2. The molecule has 0 aliphatic carbocycles. The van der Waals surface area contributed by atoms with Gasteiger partial charge in [0.1, 0.15) is 19.3 Å². The Morgan fingerprint density at radius 3 is 0.902 bits per heavy atom. The third-order valence-electron chi connectivity index (χ3n) is 15.2. The lowest BCUT2D eigenvalue weighted by molar-refractivity contribution is -0.161. The van der Waals surface area contributed by atoms with E-state index in [2.05, 4.69) is 174 Å². The SMILES string of the molecule is CC/C=C\C/C=C\C/C=C\C/C=C\C/C=C\CC(=O)OC(COC(=O)CCCCCCCC/C=C\C/C=C\C/C=C\C/C=C\CC)COP(=O)(O)OCC(O)COP(=O)(O)OCC(COC(=O)CCCC/C=C\C/C=C\C/C=C\C/C=C\CC)OC(=O)CCCCCCC/C=C\CCCCCC. The summed E-state index contributed by atoms with van der Waals surface area (Å²) in [6.07, 6.45) is 86.7. The number of hydrogen-bond acceptors (Lipinski definition) is 15. The Kier molecular flexibility index (Phi) is 69.7. The van der Waals surface area contributed by atoms with Crippen LogP contribution in [0.2, 0.25) is 0 Å². The molecule has 17 nitrogen and oxygen atoms in total. The van der Waals surface area contributed by atoms with E-state index in [0.717, 1.165) is 167 Å². The molecule has 0 saturated carbocycles. The van der Waals surface area contributed by atoms with Crippen molar-refractivity contribution in [2.75, 3.05) is 39.6 Å². The van der Waals surface area contributed by atoms with Gasteiger partial charge < -0.3 is 33.8 Å². The van der Waals surface area contributed by atoms with E-state index < -0.39 is 97.5 Å². The third-order valence-corrected chi connectivity index (χ3v) is 17.1. The largest absolute Gasteiger partial charge is 0.472 e. The molecule has 0 fully saturated rings. The lowest BCUT2D eigenvalue weighted by Gasteiger charge is -2.21. The fourth-order valence-corrected chi connectivity index (χ4v) is 11.0. The Morgan fingerprint density at radius 2 is 0.549 bits per heavy atom. The number of esters is 4. The Morgan fingerprint density at radius 1 is 0.294 bits per heavy atom. The van der Waals surface area contributed by atoms with Crippen molar-refractivity contribution in [1.82, 2.24) is 0 Å². The summed E-state index contributed by atoms with van der Waals surface area (Å²) >= 11 is 0. The van der Waals surface area contributed by atoms with E-state index >= 15 is 0 Å². The predicted molar refractivity (Wildman–Crippen MR) is 417 cm³/mol. The Balaban J connectivity index is 5.47. The highest BCUT2D eigenvalue weighted by atomic mass is 31.2. The number of hydrogen-bond donors (Lipinski definition) is 3. The molecule has 0 aromatic heterocycles. The molecule has 0 aromatic rings. The van der Waals surface area contributed by atoms with Crippen LogP contribution in [0.3, 0.4) is 0 Å². The van der Waals surface area contributed by atoms with Gasteiger partial charge in [-0.25, -0.2) is 9.13 Å². The summed E-state index contributed by atoms with van der Waals surface area (Å²) < 4.78 is 68.3. The molecule has 0 aromatic carbocycles. The minimum Gasteiger partial charge on any atom is -0.462 e. The summed E-state index contributed by atoms with van der Waals surface area (Å²) in [5, 5.41) is 10.6. The fraction of sp³-hybridized carbons (Fsp3) is 0.614. The van der Waals surface area contributed by atoms with Gasteiger partial charge in [0.2, 0.25) is 0 Å². The van der Waals surface area contributed by atoms with Gasteiger partial charge in [-0.3, -0.25) is 37.3 Å². The normalized spacial score (nSPS) is 14.9. The molecule has 0 amide bonds. The molecule has 0 saturated heterocycles. The molecule has 0 aliphatic heterocycles. The quantitative estimate of drug-likeness (QED) is 0.0169. The molecular weight excluding hydrogens is 1330 g/mol. The van der Waals surface area contributed by atoms with Crippen molar-refractivity contribution in [3.63, 3.8) is 0 Å². The average molecular weight is 1470 g/mol. The lowest BCUT2D eigenvalue weighted by atomic mass is 10.1. The molecule has 0 rings (SSSR count). The number of ether oxygens (including phenoxy) is 4. The Labute approximate surface area is 616 Å². The van der Waals surface area contributed by atoms with E-state index in [1.165, 1.54) is 25.7 Å². The van der Waals surface area contributed by atoms with Crippen LogP contribution in [0.25, 0.3) is 0 Å². The predicted octanol–water partition coefficient (Wildman–Crippen LogP) is 22.2. The second kappa shape index (κ2) is 73.7. The molecule has 0 radical (unpaired) electrons. The number of carbonyl (C=O) groups is 4. The van der Waals surface area contributed by atoms with Crippen molar-refractivity contribution in [2.45, 2.75) is 290 Å². The molecule has 0 spiro atoms. The molecule has 3 N–H and O–H groups in total. The van der Waals surface area contributed by atoms with Gasteiger partial charge in [0.25, 0.3) is 0 Å². The molecule has 19 heteroatoms. The van der Waals surface area contributed by atoms with Gasteiger partial charge >= 0.3 is 39.5 Å². The minimum absolute atomic E-state index is 0.0677. The van der Waals surface area contributed by atoms with Crippen LogP contribution in [0.5, 0.6) is 0 Å². The lowest BCUT2D eigenvalue weighted by Crippen LogP contribution is -2.30. The summed E-state index contributed by atoms with van der Waals surface area (Å²) in [6.45, 7) is 4.30. The highest BCUT2D eigenvalue weighted by Gasteiger charge is 2.30. The van der Waals surface area contributed by atoms with Crippen molar-refractivity contribution in [2.24, 2.45) is 0 Å². The zero-order chi connectivity index (χ0) is 74.6. The Bertz CT molecular complexity index is 2600. The van der Waals surface area contributed by atoms with Crippen molar-refractivity contribution < 1.29 is 80.2 Å². The van der Waals surface area contributed by atoms with Gasteiger partial charge in [-0.15, -0.1) is 0 Å². The highest BCUT2D eigenvalue weighted by molar-refractivity contribution is 7.47. The van der Waals surface area contributed by atoms with Gasteiger partial charge in [0, 0.05) is 19.3 Å². The number of phosphoric acid groups is 2. The van der Waals surface area contributed by atoms with Crippen LogP contribution >= 0.6 is 15.6 Å². The second-order valence-corrected chi connectivity index (χ2v) is 27.7. The number of carbonyl (C=O) groups excluding carboxylic acids is 4. The van der Waals surface area contributed by atoms with Crippen molar-refractivity contribution in [3.8, 4) is 0 Å². The van der Waals surface area contributed by atoms with Gasteiger partial charge in [0.15, 0.2) is 12.2 Å². The van der Waals surface area contributed by atoms with Crippen LogP contribution in [0.15, 0.2) is 170 Å². The molecule has 578 valence electrons. The number of rotatable bonds is 70. The van der Waals surface area contributed by atoms with Crippen LogP contribution < -0.4 is 0 Å². The fourth-order valence-electron chi connectivity index (χ4n) is 9.45. The van der Waals surface area contributed by atoms with Crippen LogP contribution in [0.1, 0.15) is 272 Å². The minimum atomic E-state index is -5.01. The molecule has 5 unspecified atom stereocenters. The summed E-state index contributed by atoms with van der Waals surface area (Å²) in [7, 11) is -10.0. The first-order valence-electron chi connectivity index (χ1n) is 38.4. The van der Waals surface area contributed by atoms with Crippen LogP contribution in [-0.4, -0.2) is 96.7 Å². The van der Waals surface area contributed by atoms with Gasteiger partial charge in [-0.1, -0.05) is 262 Å². The first-order chi connectivity index (χ1) is 49.7. The summed E-state index contributed by atoms with van der Waals surface area (Å²) in [6, 6.07) is 0. The number of aliphatic hydroxyl groups is 1. The highest BCUT2D eigenvalue weighted by Crippen LogP contribution is 2.45. The molecule has 0 heterocycles. The zero-order valence-corrected chi connectivity index (χ0v) is 64.8. The molecule has 5 atom stereocenters. The molecule has 0 bridgehead atoms. The maximum Gasteiger partial charge on any atom is 0.472 e. The van der Waals surface area contributed by atoms with E-state index in [0.29, 0.717) is 25.7 Å². The van der Waals surface area contributed by atoms with Crippen molar-refractivity contribution in [3.05, 3.63) is 170 Å². The smallest absolute Gasteiger partial charge is 0.462 e. The zero-order valence-electron chi connectivity index (χ0n) is 63.0. The topological polar surface area (TPSA) is 237 Å². The van der Waals surface area contributed by atoms with Crippen LogP contribution in [-0.2, 0) is 65.4 Å².